The smallest absolute Gasteiger partial charge is 0.326 e. The molecule has 3 rings (SSSR count). The summed E-state index contributed by atoms with van der Waals surface area (Å²) in [6.45, 7) is 6.27. The SMILES string of the molecule is CC(C)Nc1nc(NCCOCCOCCNC(=O)c2ccccc2)nc(N[C@@H](Cc2ccccc2)C(=O)O)n1. The number of hydrogen-bond donors (Lipinski definition) is 5. The van der Waals surface area contributed by atoms with Crippen molar-refractivity contribution in [2.75, 3.05) is 55.5 Å². The third-order valence-electron chi connectivity index (χ3n) is 5.41. The number of carbonyl (C=O) groups excluding carboxylic acids is 1. The minimum absolute atomic E-state index is 0.0673. The largest absolute Gasteiger partial charge is 0.480 e. The first-order valence-electron chi connectivity index (χ1n) is 13.2. The summed E-state index contributed by atoms with van der Waals surface area (Å²) in [6.07, 6.45) is 0.271. The Morgan fingerprint density at radius 1 is 0.775 bits per heavy atom. The number of aliphatic carboxylic acids is 1. The summed E-state index contributed by atoms with van der Waals surface area (Å²) in [7, 11) is 0. The van der Waals surface area contributed by atoms with Gasteiger partial charge < -0.3 is 35.8 Å². The molecule has 1 atom stereocenters. The average molecular weight is 552 g/mol. The molecule has 0 bridgehead atoms. The minimum atomic E-state index is -1.01. The predicted octanol–water partition coefficient (Wildman–Crippen LogP) is 2.67. The Hall–Kier alpha value is -4.29. The third kappa shape index (κ3) is 11.2. The van der Waals surface area contributed by atoms with Crippen LogP contribution in [-0.2, 0) is 20.7 Å². The number of hydrogen-bond acceptors (Lipinski definition) is 10. The molecule has 3 aromatic rings. The van der Waals surface area contributed by atoms with E-state index in [2.05, 4.69) is 36.2 Å². The standard InChI is InChI=1S/C28H37N7O5/c1-20(2)31-27-33-26(34-28(35-27)32-23(25(37)38)19-21-9-5-3-6-10-21)30-14-16-40-18-17-39-15-13-29-24(36)22-11-7-4-8-12-22/h3-12,20,23H,13-19H2,1-2H3,(H,29,36)(H,37,38)(H3,30,31,32,33,34,35)/t23-/m0/s1. The summed E-state index contributed by atoms with van der Waals surface area (Å²) >= 11 is 0. The van der Waals surface area contributed by atoms with Crippen LogP contribution >= 0.6 is 0 Å². The van der Waals surface area contributed by atoms with Gasteiger partial charge >= 0.3 is 5.97 Å². The number of carboxylic acids is 1. The van der Waals surface area contributed by atoms with Crippen molar-refractivity contribution in [2.24, 2.45) is 0 Å². The van der Waals surface area contributed by atoms with E-state index in [0.717, 1.165) is 5.56 Å². The number of rotatable bonds is 18. The molecule has 1 aromatic heterocycles. The molecule has 0 saturated heterocycles. The van der Waals surface area contributed by atoms with Crippen molar-refractivity contribution >= 4 is 29.7 Å². The Labute approximate surface area is 233 Å². The molecular formula is C28H37N7O5. The van der Waals surface area contributed by atoms with Gasteiger partial charge in [0.2, 0.25) is 17.8 Å². The fraction of sp³-hybridized carbons (Fsp3) is 0.393. The van der Waals surface area contributed by atoms with Crippen LogP contribution in [0.1, 0.15) is 29.8 Å². The topological polar surface area (TPSA) is 160 Å². The van der Waals surface area contributed by atoms with Crippen LogP contribution < -0.4 is 21.3 Å². The average Bonchev–Trinajstić information content (AvgIpc) is 2.94. The van der Waals surface area contributed by atoms with E-state index in [1.807, 2.05) is 62.4 Å². The highest BCUT2D eigenvalue weighted by Gasteiger charge is 2.20. The molecule has 0 spiro atoms. The van der Waals surface area contributed by atoms with Crippen LogP contribution in [0, 0.1) is 0 Å². The van der Waals surface area contributed by atoms with Crippen molar-refractivity contribution in [1.82, 2.24) is 20.3 Å². The molecule has 1 heterocycles. The number of benzene rings is 2. The van der Waals surface area contributed by atoms with E-state index >= 15 is 0 Å². The van der Waals surface area contributed by atoms with Gasteiger partial charge in [-0.25, -0.2) is 4.79 Å². The van der Waals surface area contributed by atoms with Gasteiger partial charge in [0.25, 0.3) is 5.91 Å². The van der Waals surface area contributed by atoms with Crippen LogP contribution in [-0.4, -0.2) is 83.5 Å². The van der Waals surface area contributed by atoms with Crippen LogP contribution in [0.3, 0.4) is 0 Å². The van der Waals surface area contributed by atoms with Crippen molar-refractivity contribution in [2.45, 2.75) is 32.4 Å². The molecule has 0 radical (unpaired) electrons. The van der Waals surface area contributed by atoms with Gasteiger partial charge in [0.05, 0.1) is 26.4 Å². The van der Waals surface area contributed by atoms with Gasteiger partial charge in [-0.15, -0.1) is 0 Å². The third-order valence-corrected chi connectivity index (χ3v) is 5.41. The summed E-state index contributed by atoms with van der Waals surface area (Å²) in [5.41, 5.74) is 1.49. The summed E-state index contributed by atoms with van der Waals surface area (Å²) in [5, 5.41) is 21.7. The molecule has 0 aliphatic heterocycles. The zero-order chi connectivity index (χ0) is 28.6. The van der Waals surface area contributed by atoms with Crippen LogP contribution in [0.25, 0.3) is 0 Å². The van der Waals surface area contributed by atoms with Crippen LogP contribution in [0.2, 0.25) is 0 Å². The maximum Gasteiger partial charge on any atom is 0.326 e. The molecule has 2 aromatic carbocycles. The Morgan fingerprint density at radius 2 is 1.35 bits per heavy atom. The first kappa shape index (κ1) is 30.3. The number of carbonyl (C=O) groups is 2. The maximum absolute atomic E-state index is 12.0. The Balaban J connectivity index is 1.40. The van der Waals surface area contributed by atoms with Gasteiger partial charge in [0, 0.05) is 31.1 Å². The first-order valence-corrected chi connectivity index (χ1v) is 13.2. The van der Waals surface area contributed by atoms with Crippen molar-refractivity contribution < 1.29 is 24.2 Å². The summed E-state index contributed by atoms with van der Waals surface area (Å²) in [5.74, 6) is -0.375. The van der Waals surface area contributed by atoms with E-state index in [4.69, 9.17) is 9.47 Å². The molecule has 0 aliphatic rings. The summed E-state index contributed by atoms with van der Waals surface area (Å²) in [6, 6.07) is 17.5. The molecule has 0 unspecified atom stereocenters. The number of aromatic nitrogens is 3. The maximum atomic E-state index is 12.0. The predicted molar refractivity (Wildman–Crippen MR) is 153 cm³/mol. The second kappa shape index (κ2) is 16.6. The number of carboxylic acid groups (broad SMARTS) is 1. The molecule has 12 heteroatoms. The van der Waals surface area contributed by atoms with E-state index in [-0.39, 0.29) is 24.3 Å². The molecule has 0 saturated carbocycles. The monoisotopic (exact) mass is 551 g/mol. The van der Waals surface area contributed by atoms with Crippen LogP contribution in [0.4, 0.5) is 17.8 Å². The molecule has 40 heavy (non-hydrogen) atoms. The number of anilines is 3. The Bertz CT molecular complexity index is 1180. The van der Waals surface area contributed by atoms with Crippen molar-refractivity contribution in [3.63, 3.8) is 0 Å². The van der Waals surface area contributed by atoms with Crippen LogP contribution in [0.5, 0.6) is 0 Å². The lowest BCUT2D eigenvalue weighted by Crippen LogP contribution is -2.32. The zero-order valence-electron chi connectivity index (χ0n) is 22.8. The summed E-state index contributed by atoms with van der Waals surface area (Å²) in [4.78, 5) is 36.9. The molecule has 1 amide bonds. The number of nitrogens with one attached hydrogen (secondary N) is 4. The van der Waals surface area contributed by atoms with Gasteiger partial charge in [-0.05, 0) is 31.5 Å². The van der Waals surface area contributed by atoms with E-state index in [9.17, 15) is 14.7 Å². The van der Waals surface area contributed by atoms with Crippen molar-refractivity contribution in [3.05, 3.63) is 71.8 Å². The second-order valence-corrected chi connectivity index (χ2v) is 9.10. The highest BCUT2D eigenvalue weighted by Crippen LogP contribution is 2.13. The lowest BCUT2D eigenvalue weighted by molar-refractivity contribution is -0.137. The quantitative estimate of drug-likeness (QED) is 0.148. The molecule has 0 fully saturated rings. The van der Waals surface area contributed by atoms with Gasteiger partial charge in [-0.2, -0.15) is 15.0 Å². The van der Waals surface area contributed by atoms with Gasteiger partial charge in [-0.1, -0.05) is 48.5 Å². The molecule has 5 N–H and O–H groups in total. The minimum Gasteiger partial charge on any atom is -0.480 e. The van der Waals surface area contributed by atoms with Crippen molar-refractivity contribution in [1.29, 1.82) is 0 Å². The van der Waals surface area contributed by atoms with E-state index in [1.54, 1.807) is 12.1 Å². The number of amides is 1. The highest BCUT2D eigenvalue weighted by atomic mass is 16.5. The molecule has 12 nitrogen and oxygen atoms in total. The number of ether oxygens (including phenoxy) is 2. The fourth-order valence-corrected chi connectivity index (χ4v) is 3.53. The van der Waals surface area contributed by atoms with Gasteiger partial charge in [0.15, 0.2) is 0 Å². The van der Waals surface area contributed by atoms with E-state index in [0.29, 0.717) is 57.0 Å². The lowest BCUT2D eigenvalue weighted by atomic mass is 10.1. The van der Waals surface area contributed by atoms with E-state index in [1.165, 1.54) is 0 Å². The Kier molecular flexibility index (Phi) is 12.6. The lowest BCUT2D eigenvalue weighted by Gasteiger charge is -2.17. The highest BCUT2D eigenvalue weighted by molar-refractivity contribution is 5.94. The second-order valence-electron chi connectivity index (χ2n) is 9.10. The fourth-order valence-electron chi connectivity index (χ4n) is 3.53. The summed E-state index contributed by atoms with van der Waals surface area (Å²) < 4.78 is 11.1. The Morgan fingerprint density at radius 3 is 1.98 bits per heavy atom. The molecular weight excluding hydrogens is 514 g/mol. The van der Waals surface area contributed by atoms with Gasteiger partial charge in [0.1, 0.15) is 6.04 Å². The molecule has 0 aliphatic carbocycles. The zero-order valence-corrected chi connectivity index (χ0v) is 22.8. The van der Waals surface area contributed by atoms with Gasteiger partial charge in [-0.3, -0.25) is 4.79 Å². The first-order chi connectivity index (χ1) is 19.4. The van der Waals surface area contributed by atoms with Crippen molar-refractivity contribution in [3.8, 4) is 0 Å². The normalized spacial score (nSPS) is 11.6. The number of nitrogens with zero attached hydrogens (tertiary/aromatic N) is 3. The molecule has 214 valence electrons. The van der Waals surface area contributed by atoms with Crippen LogP contribution in [0.15, 0.2) is 60.7 Å². The van der Waals surface area contributed by atoms with E-state index < -0.39 is 12.0 Å².